The van der Waals surface area contributed by atoms with Crippen molar-refractivity contribution in [1.29, 1.82) is 0 Å². The number of Topliss-reactive ketones (excluding diaryl/α,β-unsaturated/α-hetero) is 3. The minimum Gasteiger partial charge on any atom is -0.412 e. The van der Waals surface area contributed by atoms with Crippen LogP contribution in [0.15, 0.2) is 0 Å². The van der Waals surface area contributed by atoms with E-state index in [0.717, 1.165) is 0 Å². The molecule has 0 radical (unpaired) electrons. The van der Waals surface area contributed by atoms with E-state index in [1.807, 2.05) is 0 Å². The zero-order valence-electron chi connectivity index (χ0n) is 8.79. The molecule has 0 heterocycles. The van der Waals surface area contributed by atoms with Gasteiger partial charge in [0.2, 0.25) is 0 Å². The lowest BCUT2D eigenvalue weighted by atomic mass is 10.3. The molecular weight excluding hydrogens is 186 g/mol. The average Bonchev–Trinajstić information content (AvgIpc) is 1.80. The van der Waals surface area contributed by atoms with Crippen LogP contribution in [-0.4, -0.2) is 47.4 Å². The highest BCUT2D eigenvalue weighted by molar-refractivity contribution is 5.83. The zero-order valence-corrected chi connectivity index (χ0v) is 8.79. The molecule has 2 N–H and O–H groups in total. The summed E-state index contributed by atoms with van der Waals surface area (Å²) >= 11 is 0. The minimum atomic E-state index is -0.0394. The summed E-state index contributed by atoms with van der Waals surface area (Å²) in [5.74, 6) is -0.118. The minimum absolute atomic E-state index is 0. The SMILES string of the molecule is CC(=O)CN(CC(C)=O)CC(C)=O.O. The van der Waals surface area contributed by atoms with Crippen LogP contribution < -0.4 is 0 Å². The molecule has 0 aliphatic heterocycles. The second-order valence-corrected chi connectivity index (χ2v) is 3.25. The molecule has 0 fully saturated rings. The first-order valence-electron chi connectivity index (χ1n) is 4.12. The van der Waals surface area contributed by atoms with E-state index in [-0.39, 0.29) is 42.5 Å². The summed E-state index contributed by atoms with van der Waals surface area (Å²) in [5.41, 5.74) is 0. The normalized spacial score (nSPS) is 9.43. The van der Waals surface area contributed by atoms with Gasteiger partial charge < -0.3 is 5.48 Å². The lowest BCUT2D eigenvalue weighted by molar-refractivity contribution is -0.123. The van der Waals surface area contributed by atoms with Gasteiger partial charge in [0, 0.05) is 0 Å². The van der Waals surface area contributed by atoms with E-state index in [0.29, 0.717) is 0 Å². The molecule has 0 aromatic carbocycles. The highest BCUT2D eigenvalue weighted by Gasteiger charge is 2.11. The van der Waals surface area contributed by atoms with Crippen molar-refractivity contribution in [2.75, 3.05) is 19.6 Å². The van der Waals surface area contributed by atoms with Gasteiger partial charge in [0.25, 0.3) is 0 Å². The van der Waals surface area contributed by atoms with Gasteiger partial charge in [0.15, 0.2) is 0 Å². The number of carbonyl (C=O) groups excluding carboxylic acids is 3. The molecule has 5 heteroatoms. The summed E-state index contributed by atoms with van der Waals surface area (Å²) in [6.45, 7) is 4.81. The van der Waals surface area contributed by atoms with Crippen LogP contribution >= 0.6 is 0 Å². The van der Waals surface area contributed by atoms with Crippen LogP contribution in [0.3, 0.4) is 0 Å². The Kier molecular flexibility index (Phi) is 8.08. The molecule has 0 saturated carbocycles. The first-order valence-corrected chi connectivity index (χ1v) is 4.12. The molecule has 5 nitrogen and oxygen atoms in total. The molecule has 0 amide bonds. The molecule has 0 aliphatic rings. The van der Waals surface area contributed by atoms with Crippen molar-refractivity contribution >= 4 is 17.3 Å². The van der Waals surface area contributed by atoms with Gasteiger partial charge in [0.1, 0.15) is 17.3 Å². The van der Waals surface area contributed by atoms with Gasteiger partial charge in [0.05, 0.1) is 19.6 Å². The summed E-state index contributed by atoms with van der Waals surface area (Å²) < 4.78 is 0. The van der Waals surface area contributed by atoms with Gasteiger partial charge in [-0.25, -0.2) is 0 Å². The lowest BCUT2D eigenvalue weighted by Gasteiger charge is -2.17. The Morgan fingerprint density at radius 2 is 1.00 bits per heavy atom. The summed E-state index contributed by atoms with van der Waals surface area (Å²) in [7, 11) is 0. The molecule has 0 saturated heterocycles. The smallest absolute Gasteiger partial charge is 0.143 e. The maximum Gasteiger partial charge on any atom is 0.143 e. The fraction of sp³-hybridized carbons (Fsp3) is 0.667. The Morgan fingerprint density at radius 3 is 1.14 bits per heavy atom. The van der Waals surface area contributed by atoms with Crippen molar-refractivity contribution in [1.82, 2.24) is 4.90 Å². The second kappa shape index (κ2) is 7.34. The highest BCUT2D eigenvalue weighted by Crippen LogP contribution is 1.90. The Balaban J connectivity index is 0. The standard InChI is InChI=1S/C9H15NO3.H2O/c1-7(11)4-10(5-8(2)12)6-9(3)13;/h4-6H2,1-3H3;1H2. The Bertz CT molecular complexity index is 187. The van der Waals surface area contributed by atoms with Gasteiger partial charge in [-0.15, -0.1) is 0 Å². The molecule has 0 aliphatic carbocycles. The number of carbonyl (C=O) groups is 3. The molecular formula is C9H17NO4. The van der Waals surface area contributed by atoms with Crippen molar-refractivity contribution in [3.05, 3.63) is 0 Å². The van der Waals surface area contributed by atoms with Gasteiger partial charge in [-0.3, -0.25) is 19.3 Å². The fourth-order valence-corrected chi connectivity index (χ4v) is 1.11. The maximum atomic E-state index is 10.8. The Labute approximate surface area is 83.4 Å². The van der Waals surface area contributed by atoms with E-state index >= 15 is 0 Å². The predicted molar refractivity (Wildman–Crippen MR) is 52.1 cm³/mol. The van der Waals surface area contributed by atoms with E-state index in [1.165, 1.54) is 20.8 Å². The van der Waals surface area contributed by atoms with E-state index in [1.54, 1.807) is 4.90 Å². The number of hydrogen-bond donors (Lipinski definition) is 0. The van der Waals surface area contributed by atoms with Gasteiger partial charge >= 0.3 is 0 Å². The Morgan fingerprint density at radius 1 is 0.786 bits per heavy atom. The first kappa shape index (κ1) is 15.4. The zero-order chi connectivity index (χ0) is 10.4. The predicted octanol–water partition coefficient (Wildman–Crippen LogP) is -0.769. The largest absolute Gasteiger partial charge is 0.412 e. The van der Waals surface area contributed by atoms with Crippen LogP contribution in [-0.2, 0) is 14.4 Å². The first-order chi connectivity index (χ1) is 5.91. The molecule has 0 aromatic heterocycles. The van der Waals surface area contributed by atoms with Crippen LogP contribution in [0.2, 0.25) is 0 Å². The third kappa shape index (κ3) is 9.02. The average molecular weight is 203 g/mol. The molecule has 0 spiro atoms. The van der Waals surface area contributed by atoms with E-state index in [9.17, 15) is 14.4 Å². The molecule has 82 valence electrons. The van der Waals surface area contributed by atoms with Crippen LogP contribution in [0.5, 0.6) is 0 Å². The quantitative estimate of drug-likeness (QED) is 0.567. The van der Waals surface area contributed by atoms with Gasteiger partial charge in [-0.1, -0.05) is 0 Å². The molecule has 0 aromatic rings. The molecule has 0 rings (SSSR count). The van der Waals surface area contributed by atoms with Crippen molar-refractivity contribution in [3.8, 4) is 0 Å². The monoisotopic (exact) mass is 203 g/mol. The molecule has 14 heavy (non-hydrogen) atoms. The Hall–Kier alpha value is -1.07. The fourth-order valence-electron chi connectivity index (χ4n) is 1.11. The third-order valence-corrected chi connectivity index (χ3v) is 1.34. The molecule has 0 bridgehead atoms. The summed E-state index contributed by atoms with van der Waals surface area (Å²) in [6.07, 6.45) is 0. The van der Waals surface area contributed by atoms with Crippen molar-refractivity contribution in [2.45, 2.75) is 20.8 Å². The van der Waals surface area contributed by atoms with Crippen LogP contribution in [0.1, 0.15) is 20.8 Å². The van der Waals surface area contributed by atoms with Gasteiger partial charge in [-0.2, -0.15) is 0 Å². The third-order valence-electron chi connectivity index (χ3n) is 1.34. The van der Waals surface area contributed by atoms with Crippen LogP contribution in [0.25, 0.3) is 0 Å². The number of nitrogens with zero attached hydrogens (tertiary/aromatic N) is 1. The van der Waals surface area contributed by atoms with E-state index in [2.05, 4.69) is 0 Å². The van der Waals surface area contributed by atoms with E-state index < -0.39 is 0 Å². The van der Waals surface area contributed by atoms with Crippen LogP contribution in [0, 0.1) is 0 Å². The maximum absolute atomic E-state index is 10.8. The number of rotatable bonds is 6. The molecule has 0 unspecified atom stereocenters. The summed E-state index contributed by atoms with van der Waals surface area (Å²) in [6, 6.07) is 0. The number of ketones is 3. The van der Waals surface area contributed by atoms with Crippen molar-refractivity contribution in [2.24, 2.45) is 0 Å². The van der Waals surface area contributed by atoms with Crippen molar-refractivity contribution < 1.29 is 19.9 Å². The topological polar surface area (TPSA) is 86.0 Å². The van der Waals surface area contributed by atoms with E-state index in [4.69, 9.17) is 0 Å². The van der Waals surface area contributed by atoms with Crippen molar-refractivity contribution in [3.63, 3.8) is 0 Å². The van der Waals surface area contributed by atoms with Crippen LogP contribution in [0.4, 0.5) is 0 Å². The highest BCUT2D eigenvalue weighted by atomic mass is 16.1. The second-order valence-electron chi connectivity index (χ2n) is 3.25. The number of hydrogen-bond acceptors (Lipinski definition) is 4. The van der Waals surface area contributed by atoms with Gasteiger partial charge in [-0.05, 0) is 20.8 Å². The molecule has 0 atom stereocenters. The summed E-state index contributed by atoms with van der Waals surface area (Å²) in [4.78, 5) is 33.8. The summed E-state index contributed by atoms with van der Waals surface area (Å²) in [5, 5.41) is 0. The lowest BCUT2D eigenvalue weighted by Crippen LogP contribution is -2.36.